The van der Waals surface area contributed by atoms with Gasteiger partial charge in [0.15, 0.2) is 10.8 Å². The summed E-state index contributed by atoms with van der Waals surface area (Å²) in [4.78, 5) is 15.1. The first-order chi connectivity index (χ1) is 9.01. The van der Waals surface area contributed by atoms with Crippen LogP contribution >= 0.6 is 27.3 Å². The van der Waals surface area contributed by atoms with Crippen LogP contribution in [0.25, 0.3) is 0 Å². The van der Waals surface area contributed by atoms with Crippen LogP contribution in [0, 0.1) is 11.6 Å². The van der Waals surface area contributed by atoms with Gasteiger partial charge >= 0.3 is 5.97 Å². The van der Waals surface area contributed by atoms with Gasteiger partial charge in [-0.1, -0.05) is 0 Å². The number of esters is 1. The highest BCUT2D eigenvalue weighted by Crippen LogP contribution is 2.27. The SMILES string of the molecule is COC(=O)c1csc(Nc2cc(F)c(Br)cc2F)n1. The number of carbonyl (C=O) groups is 1. The van der Waals surface area contributed by atoms with Crippen molar-refractivity contribution < 1.29 is 18.3 Å². The third kappa shape index (κ3) is 3.07. The Hall–Kier alpha value is -1.54. The van der Waals surface area contributed by atoms with Crippen LogP contribution in [-0.2, 0) is 4.74 Å². The van der Waals surface area contributed by atoms with Crippen molar-refractivity contribution in [1.82, 2.24) is 4.98 Å². The summed E-state index contributed by atoms with van der Waals surface area (Å²) < 4.78 is 31.4. The summed E-state index contributed by atoms with van der Waals surface area (Å²) in [6.07, 6.45) is 0. The molecule has 8 heteroatoms. The maximum absolute atomic E-state index is 13.6. The normalized spacial score (nSPS) is 10.3. The molecule has 100 valence electrons. The predicted molar refractivity (Wildman–Crippen MR) is 70.8 cm³/mol. The first kappa shape index (κ1) is 13.9. The smallest absolute Gasteiger partial charge is 0.357 e. The van der Waals surface area contributed by atoms with Crippen LogP contribution in [-0.4, -0.2) is 18.1 Å². The molecule has 19 heavy (non-hydrogen) atoms. The van der Waals surface area contributed by atoms with Gasteiger partial charge in [0.2, 0.25) is 0 Å². The first-order valence-corrected chi connectivity index (χ1v) is 6.64. The van der Waals surface area contributed by atoms with Crippen molar-refractivity contribution in [1.29, 1.82) is 0 Å². The lowest BCUT2D eigenvalue weighted by Crippen LogP contribution is -2.02. The fourth-order valence-corrected chi connectivity index (χ4v) is 2.27. The van der Waals surface area contributed by atoms with E-state index in [1.165, 1.54) is 12.5 Å². The monoisotopic (exact) mass is 348 g/mol. The zero-order chi connectivity index (χ0) is 14.0. The molecule has 0 aliphatic rings. The van der Waals surface area contributed by atoms with Gasteiger partial charge in [-0.05, 0) is 22.0 Å². The van der Waals surface area contributed by atoms with Crippen LogP contribution in [0.2, 0.25) is 0 Å². The molecule has 0 radical (unpaired) electrons. The van der Waals surface area contributed by atoms with Gasteiger partial charge < -0.3 is 10.1 Å². The third-order valence-electron chi connectivity index (χ3n) is 2.15. The molecule has 0 saturated carbocycles. The van der Waals surface area contributed by atoms with Crippen LogP contribution in [0.5, 0.6) is 0 Å². The van der Waals surface area contributed by atoms with Crippen LogP contribution in [0.15, 0.2) is 22.0 Å². The van der Waals surface area contributed by atoms with E-state index in [4.69, 9.17) is 0 Å². The molecule has 1 aromatic heterocycles. The minimum absolute atomic E-state index is 0.0324. The van der Waals surface area contributed by atoms with Crippen LogP contribution in [0.3, 0.4) is 0 Å². The Morgan fingerprint density at radius 1 is 1.42 bits per heavy atom. The Morgan fingerprint density at radius 3 is 2.84 bits per heavy atom. The number of nitrogens with zero attached hydrogens (tertiary/aromatic N) is 1. The summed E-state index contributed by atoms with van der Waals surface area (Å²) in [5.74, 6) is -1.83. The summed E-state index contributed by atoms with van der Waals surface area (Å²) in [7, 11) is 1.23. The quantitative estimate of drug-likeness (QED) is 0.678. The molecular formula is C11H7BrF2N2O2S. The number of benzene rings is 1. The molecule has 2 aromatic rings. The lowest BCUT2D eigenvalue weighted by molar-refractivity contribution is 0.0595. The molecule has 2 rings (SSSR count). The number of nitrogens with one attached hydrogen (secondary N) is 1. The molecule has 0 aliphatic carbocycles. The summed E-state index contributed by atoms with van der Waals surface area (Å²) in [6, 6.07) is 2.01. The highest BCUT2D eigenvalue weighted by atomic mass is 79.9. The van der Waals surface area contributed by atoms with E-state index >= 15 is 0 Å². The lowest BCUT2D eigenvalue weighted by atomic mass is 10.3. The number of thiazole rings is 1. The van der Waals surface area contributed by atoms with Crippen molar-refractivity contribution in [2.24, 2.45) is 0 Å². The Balaban J connectivity index is 2.24. The first-order valence-electron chi connectivity index (χ1n) is 4.96. The Kier molecular flexibility index (Phi) is 4.11. The second-order valence-corrected chi connectivity index (χ2v) is 5.11. The number of methoxy groups -OCH3 is 1. The minimum atomic E-state index is -0.636. The number of hydrogen-bond acceptors (Lipinski definition) is 5. The van der Waals surface area contributed by atoms with Crippen LogP contribution in [0.4, 0.5) is 19.6 Å². The summed E-state index contributed by atoms with van der Waals surface area (Å²) >= 11 is 3.96. The maximum atomic E-state index is 13.6. The van der Waals surface area contributed by atoms with E-state index in [1.54, 1.807) is 0 Å². The highest BCUT2D eigenvalue weighted by Gasteiger charge is 2.13. The number of aromatic nitrogens is 1. The van der Waals surface area contributed by atoms with Gasteiger partial charge in [0, 0.05) is 11.4 Å². The Morgan fingerprint density at radius 2 is 2.16 bits per heavy atom. The van der Waals surface area contributed by atoms with Crippen molar-refractivity contribution >= 4 is 44.1 Å². The number of rotatable bonds is 3. The molecule has 0 atom stereocenters. The zero-order valence-corrected chi connectivity index (χ0v) is 11.9. The number of anilines is 2. The average Bonchev–Trinajstić information content (AvgIpc) is 2.83. The van der Waals surface area contributed by atoms with E-state index in [-0.39, 0.29) is 21.0 Å². The van der Waals surface area contributed by atoms with Crippen molar-refractivity contribution in [3.8, 4) is 0 Å². The molecule has 0 amide bonds. The molecule has 0 unspecified atom stereocenters. The Bertz CT molecular complexity index is 633. The van der Waals surface area contributed by atoms with E-state index in [9.17, 15) is 13.6 Å². The van der Waals surface area contributed by atoms with E-state index in [0.29, 0.717) is 0 Å². The van der Waals surface area contributed by atoms with E-state index in [1.807, 2.05) is 0 Å². The van der Waals surface area contributed by atoms with Crippen molar-refractivity contribution in [3.63, 3.8) is 0 Å². The fraction of sp³-hybridized carbons (Fsp3) is 0.0909. The largest absolute Gasteiger partial charge is 0.464 e. The van der Waals surface area contributed by atoms with Gasteiger partial charge in [-0.2, -0.15) is 0 Å². The standard InChI is InChI=1S/C11H7BrF2N2O2S/c1-18-10(17)9-4-19-11(16-9)15-8-3-6(13)5(12)2-7(8)14/h2-4H,1H3,(H,15,16). The molecule has 0 saturated heterocycles. The van der Waals surface area contributed by atoms with E-state index in [0.717, 1.165) is 23.5 Å². The summed E-state index contributed by atoms with van der Waals surface area (Å²) in [5.41, 5.74) is 0.0412. The topological polar surface area (TPSA) is 51.2 Å². The highest BCUT2D eigenvalue weighted by molar-refractivity contribution is 9.10. The number of halogens is 3. The minimum Gasteiger partial charge on any atom is -0.464 e. The van der Waals surface area contributed by atoms with Gasteiger partial charge in [-0.15, -0.1) is 11.3 Å². The molecule has 1 heterocycles. The summed E-state index contributed by atoms with van der Waals surface area (Å²) in [5, 5.41) is 4.33. The molecule has 0 aliphatic heterocycles. The second kappa shape index (κ2) is 5.62. The van der Waals surface area contributed by atoms with Crippen molar-refractivity contribution in [2.45, 2.75) is 0 Å². The Labute approximate surface area is 119 Å². The van der Waals surface area contributed by atoms with Gasteiger partial charge in [-0.3, -0.25) is 0 Å². The van der Waals surface area contributed by atoms with Gasteiger partial charge in [0.1, 0.15) is 11.6 Å². The number of carbonyl (C=O) groups excluding carboxylic acids is 1. The van der Waals surface area contributed by atoms with Crippen LogP contribution in [0.1, 0.15) is 10.5 Å². The number of hydrogen-bond donors (Lipinski definition) is 1. The second-order valence-electron chi connectivity index (χ2n) is 3.40. The van der Waals surface area contributed by atoms with Crippen molar-refractivity contribution in [2.75, 3.05) is 12.4 Å². The third-order valence-corrected chi connectivity index (χ3v) is 3.52. The maximum Gasteiger partial charge on any atom is 0.357 e. The molecule has 1 N–H and O–H groups in total. The van der Waals surface area contributed by atoms with Gasteiger partial charge in [-0.25, -0.2) is 18.6 Å². The fourth-order valence-electron chi connectivity index (χ4n) is 1.26. The zero-order valence-electron chi connectivity index (χ0n) is 9.54. The lowest BCUT2D eigenvalue weighted by Gasteiger charge is -2.05. The summed E-state index contributed by atoms with van der Waals surface area (Å²) in [6.45, 7) is 0. The predicted octanol–water partition coefficient (Wildman–Crippen LogP) is 3.71. The van der Waals surface area contributed by atoms with E-state index in [2.05, 4.69) is 31.0 Å². The molecule has 1 aromatic carbocycles. The molecular weight excluding hydrogens is 342 g/mol. The average molecular weight is 349 g/mol. The molecule has 0 fully saturated rings. The van der Waals surface area contributed by atoms with Gasteiger partial charge in [0.05, 0.1) is 17.3 Å². The molecule has 0 spiro atoms. The van der Waals surface area contributed by atoms with Gasteiger partial charge in [0.25, 0.3) is 0 Å². The van der Waals surface area contributed by atoms with Crippen LogP contribution < -0.4 is 5.32 Å². The van der Waals surface area contributed by atoms with E-state index < -0.39 is 17.6 Å². The molecule has 0 bridgehead atoms. The number of ether oxygens (including phenoxy) is 1. The van der Waals surface area contributed by atoms with Crippen molar-refractivity contribution in [3.05, 3.63) is 39.3 Å². The molecule has 4 nitrogen and oxygen atoms in total.